The first kappa shape index (κ1) is 22.9. The number of aryl methyl sites for hydroxylation is 1. The zero-order chi connectivity index (χ0) is 23.0. The second kappa shape index (κ2) is 8.90. The SMILES string of the molecule is Cc1[nH]c2ccc(C(=O)NS(=O)(=O)c3ccc(Br)cc3)cc2c1Cc1ccc(Cl)cc1Cl. The van der Waals surface area contributed by atoms with E-state index in [-0.39, 0.29) is 10.5 Å². The number of aromatic nitrogens is 1. The van der Waals surface area contributed by atoms with Crippen LogP contribution >= 0.6 is 39.1 Å². The van der Waals surface area contributed by atoms with Gasteiger partial charge in [0.2, 0.25) is 0 Å². The molecule has 1 heterocycles. The topological polar surface area (TPSA) is 79.0 Å². The molecule has 0 unspecified atom stereocenters. The van der Waals surface area contributed by atoms with Crippen molar-refractivity contribution in [1.29, 1.82) is 0 Å². The highest BCUT2D eigenvalue weighted by Gasteiger charge is 2.20. The molecule has 0 spiro atoms. The van der Waals surface area contributed by atoms with Gasteiger partial charge in [0, 0.05) is 43.1 Å². The predicted molar refractivity (Wildman–Crippen MR) is 131 cm³/mol. The van der Waals surface area contributed by atoms with Crippen LogP contribution in [0.2, 0.25) is 10.0 Å². The van der Waals surface area contributed by atoms with Crippen LogP contribution in [0, 0.1) is 6.92 Å². The molecule has 5 nitrogen and oxygen atoms in total. The van der Waals surface area contributed by atoms with Gasteiger partial charge in [-0.2, -0.15) is 0 Å². The van der Waals surface area contributed by atoms with Gasteiger partial charge in [-0.1, -0.05) is 45.2 Å². The standard InChI is InChI=1S/C23H17BrCl2N2O3S/c1-13-19(10-14-2-6-17(25)12-21(14)26)20-11-15(3-9-22(20)27-13)23(29)28-32(30,31)18-7-4-16(24)5-8-18/h2-9,11-12,27H,10H2,1H3,(H,28,29). The van der Waals surface area contributed by atoms with Crippen molar-refractivity contribution in [1.82, 2.24) is 9.71 Å². The molecule has 32 heavy (non-hydrogen) atoms. The van der Waals surface area contributed by atoms with Crippen LogP contribution in [0.25, 0.3) is 10.9 Å². The van der Waals surface area contributed by atoms with E-state index in [9.17, 15) is 13.2 Å². The number of hydrogen-bond donors (Lipinski definition) is 2. The highest BCUT2D eigenvalue weighted by atomic mass is 79.9. The van der Waals surface area contributed by atoms with Crippen molar-refractivity contribution < 1.29 is 13.2 Å². The van der Waals surface area contributed by atoms with E-state index in [2.05, 4.69) is 25.6 Å². The van der Waals surface area contributed by atoms with Gasteiger partial charge in [-0.15, -0.1) is 0 Å². The summed E-state index contributed by atoms with van der Waals surface area (Å²) >= 11 is 15.6. The van der Waals surface area contributed by atoms with E-state index in [1.165, 1.54) is 12.1 Å². The summed E-state index contributed by atoms with van der Waals surface area (Å²) in [4.78, 5) is 16.1. The summed E-state index contributed by atoms with van der Waals surface area (Å²) in [5.41, 5.74) is 3.88. The highest BCUT2D eigenvalue weighted by molar-refractivity contribution is 9.10. The Bertz CT molecular complexity index is 1450. The number of sulfonamides is 1. The van der Waals surface area contributed by atoms with Crippen LogP contribution < -0.4 is 4.72 Å². The van der Waals surface area contributed by atoms with Crippen LogP contribution in [-0.2, 0) is 16.4 Å². The summed E-state index contributed by atoms with van der Waals surface area (Å²) < 4.78 is 28.1. The molecule has 164 valence electrons. The van der Waals surface area contributed by atoms with E-state index in [4.69, 9.17) is 23.2 Å². The van der Waals surface area contributed by atoms with E-state index in [0.717, 1.165) is 32.2 Å². The molecule has 1 aromatic heterocycles. The number of halogens is 3. The Balaban J connectivity index is 1.66. The Morgan fingerprint density at radius 3 is 2.44 bits per heavy atom. The quantitative estimate of drug-likeness (QED) is 0.307. The molecular formula is C23H17BrCl2N2O3S. The second-order valence-corrected chi connectivity index (χ2v) is 10.7. The lowest BCUT2D eigenvalue weighted by molar-refractivity contribution is 0.0981. The summed E-state index contributed by atoms with van der Waals surface area (Å²) in [6.07, 6.45) is 0.532. The minimum atomic E-state index is -4.00. The van der Waals surface area contributed by atoms with Crippen LogP contribution in [0.15, 0.2) is 70.0 Å². The van der Waals surface area contributed by atoms with Crippen molar-refractivity contribution in [2.24, 2.45) is 0 Å². The number of benzene rings is 3. The zero-order valence-corrected chi connectivity index (χ0v) is 20.7. The maximum Gasteiger partial charge on any atom is 0.265 e. The minimum Gasteiger partial charge on any atom is -0.358 e. The fraction of sp³-hybridized carbons (Fsp3) is 0.0870. The molecule has 3 aromatic carbocycles. The van der Waals surface area contributed by atoms with Crippen molar-refractivity contribution in [3.63, 3.8) is 0 Å². The molecule has 0 aliphatic heterocycles. The third kappa shape index (κ3) is 4.71. The number of aromatic amines is 1. The predicted octanol–water partition coefficient (Wildman–Crippen LogP) is 6.26. The number of rotatable bonds is 5. The van der Waals surface area contributed by atoms with E-state index >= 15 is 0 Å². The number of carbonyl (C=O) groups excluding carboxylic acids is 1. The molecule has 0 saturated heterocycles. The molecule has 0 atom stereocenters. The normalized spacial score (nSPS) is 11.6. The Labute approximate surface area is 203 Å². The van der Waals surface area contributed by atoms with Gasteiger partial charge >= 0.3 is 0 Å². The highest BCUT2D eigenvalue weighted by Crippen LogP contribution is 2.29. The first-order valence-corrected chi connectivity index (χ1v) is 12.5. The lowest BCUT2D eigenvalue weighted by Gasteiger charge is -2.08. The number of amides is 1. The minimum absolute atomic E-state index is 0.00527. The molecule has 0 aliphatic carbocycles. The first-order valence-electron chi connectivity index (χ1n) is 9.52. The number of hydrogen-bond acceptors (Lipinski definition) is 3. The van der Waals surface area contributed by atoms with Gasteiger partial charge in [0.25, 0.3) is 15.9 Å². The van der Waals surface area contributed by atoms with Gasteiger partial charge in [-0.05, 0) is 72.6 Å². The van der Waals surface area contributed by atoms with Crippen molar-refractivity contribution in [3.8, 4) is 0 Å². The molecule has 0 fully saturated rings. The second-order valence-electron chi connectivity index (χ2n) is 7.29. The van der Waals surface area contributed by atoms with Crippen LogP contribution in [0.1, 0.15) is 27.2 Å². The molecular weight excluding hydrogens is 535 g/mol. The Kier molecular flexibility index (Phi) is 6.36. The number of H-pyrrole nitrogens is 1. The van der Waals surface area contributed by atoms with Gasteiger partial charge in [-0.25, -0.2) is 13.1 Å². The smallest absolute Gasteiger partial charge is 0.265 e. The van der Waals surface area contributed by atoms with E-state index in [1.807, 2.05) is 13.0 Å². The van der Waals surface area contributed by atoms with Gasteiger partial charge in [0.1, 0.15) is 0 Å². The Hall–Kier alpha value is -2.32. The van der Waals surface area contributed by atoms with Gasteiger partial charge < -0.3 is 4.98 Å². The summed E-state index contributed by atoms with van der Waals surface area (Å²) in [6, 6.07) is 16.4. The van der Waals surface area contributed by atoms with Crippen molar-refractivity contribution >= 4 is 66.0 Å². The Morgan fingerprint density at radius 1 is 1.03 bits per heavy atom. The fourth-order valence-electron chi connectivity index (χ4n) is 3.46. The molecule has 4 rings (SSSR count). The van der Waals surface area contributed by atoms with Crippen molar-refractivity contribution in [2.75, 3.05) is 0 Å². The van der Waals surface area contributed by atoms with E-state index < -0.39 is 15.9 Å². The Morgan fingerprint density at radius 2 is 1.75 bits per heavy atom. The molecule has 0 bridgehead atoms. The third-order valence-corrected chi connectivity index (χ3v) is 7.58. The number of carbonyl (C=O) groups is 1. The van der Waals surface area contributed by atoms with Crippen molar-refractivity contribution in [2.45, 2.75) is 18.2 Å². The molecule has 0 saturated carbocycles. The monoisotopic (exact) mass is 550 g/mol. The molecule has 0 radical (unpaired) electrons. The average molecular weight is 552 g/mol. The van der Waals surface area contributed by atoms with E-state index in [0.29, 0.717) is 16.5 Å². The first-order chi connectivity index (χ1) is 15.1. The van der Waals surface area contributed by atoms with Gasteiger partial charge in [0.15, 0.2) is 0 Å². The zero-order valence-electron chi connectivity index (χ0n) is 16.7. The van der Waals surface area contributed by atoms with Crippen molar-refractivity contribution in [3.05, 3.63) is 97.6 Å². The van der Waals surface area contributed by atoms with Crippen LogP contribution in [0.3, 0.4) is 0 Å². The number of fused-ring (bicyclic) bond motifs is 1. The van der Waals surface area contributed by atoms with Gasteiger partial charge in [0.05, 0.1) is 4.90 Å². The maximum atomic E-state index is 12.8. The van der Waals surface area contributed by atoms with Crippen LogP contribution in [-0.4, -0.2) is 19.3 Å². The molecule has 2 N–H and O–H groups in total. The summed E-state index contributed by atoms with van der Waals surface area (Å²) in [5.74, 6) is -0.704. The summed E-state index contributed by atoms with van der Waals surface area (Å²) in [6.45, 7) is 1.94. The molecule has 4 aromatic rings. The summed E-state index contributed by atoms with van der Waals surface area (Å²) in [7, 11) is -4.00. The lowest BCUT2D eigenvalue weighted by Crippen LogP contribution is -2.30. The fourth-order valence-corrected chi connectivity index (χ4v) is 5.17. The summed E-state index contributed by atoms with van der Waals surface area (Å²) in [5, 5.41) is 1.93. The maximum absolute atomic E-state index is 12.8. The van der Waals surface area contributed by atoms with Crippen LogP contribution in [0.4, 0.5) is 0 Å². The van der Waals surface area contributed by atoms with Crippen LogP contribution in [0.5, 0.6) is 0 Å². The molecule has 1 amide bonds. The van der Waals surface area contributed by atoms with Gasteiger partial charge in [-0.3, -0.25) is 4.79 Å². The number of nitrogens with one attached hydrogen (secondary N) is 2. The molecule has 0 aliphatic rings. The third-order valence-electron chi connectivity index (χ3n) is 5.12. The molecule has 9 heteroatoms. The lowest BCUT2D eigenvalue weighted by atomic mass is 10.0. The largest absolute Gasteiger partial charge is 0.358 e. The van der Waals surface area contributed by atoms with E-state index in [1.54, 1.807) is 42.5 Å². The average Bonchev–Trinajstić information content (AvgIpc) is 3.04.